The largest absolute Gasteiger partial charge is 0.379 e. The van der Waals surface area contributed by atoms with E-state index in [0.29, 0.717) is 70.9 Å². The molecule has 0 bridgehead atoms. The fourth-order valence-electron chi connectivity index (χ4n) is 2.50. The first kappa shape index (κ1) is 31.8. The lowest BCUT2D eigenvalue weighted by Gasteiger charge is -2.08. The average Bonchev–Trinajstić information content (AvgIpc) is 3.17. The second-order valence-corrected chi connectivity index (χ2v) is 10.0. The highest BCUT2D eigenvalue weighted by Crippen LogP contribution is 2.25. The number of aryl methyl sites for hydroxylation is 1. The fraction of sp³-hybridized carbons (Fsp3) is 0.810. The summed E-state index contributed by atoms with van der Waals surface area (Å²) in [6, 6.07) is 0. The maximum atomic E-state index is 12.4. The Labute approximate surface area is 212 Å². The van der Waals surface area contributed by atoms with Crippen molar-refractivity contribution in [1.29, 1.82) is 0 Å². The number of aromatic nitrogens is 1. The van der Waals surface area contributed by atoms with Crippen LogP contribution in [0.4, 0.5) is 5.13 Å². The monoisotopic (exact) mass is 541 g/mol. The summed E-state index contributed by atoms with van der Waals surface area (Å²) in [5, 5.41) is 2.63. The predicted octanol–water partition coefficient (Wildman–Crippen LogP) is 1.20. The SMILES string of the molecule is CCCOCCOCCOCCOCCOCCOCCNS(=O)(=O)c1nc(NC(C)=O)sc1C. The number of ether oxygens (including phenoxy) is 6. The number of carbonyl (C=O) groups is 1. The molecule has 14 heteroatoms. The van der Waals surface area contributed by atoms with E-state index in [1.54, 1.807) is 6.92 Å². The van der Waals surface area contributed by atoms with Crippen LogP contribution in [0.3, 0.4) is 0 Å². The molecule has 1 aromatic heterocycles. The molecule has 0 spiro atoms. The predicted molar refractivity (Wildman–Crippen MR) is 132 cm³/mol. The van der Waals surface area contributed by atoms with Crippen LogP contribution < -0.4 is 10.0 Å². The van der Waals surface area contributed by atoms with Gasteiger partial charge in [-0.2, -0.15) is 0 Å². The minimum Gasteiger partial charge on any atom is -0.379 e. The zero-order valence-corrected chi connectivity index (χ0v) is 22.5. The molecule has 204 valence electrons. The third kappa shape index (κ3) is 16.2. The number of anilines is 1. The summed E-state index contributed by atoms with van der Waals surface area (Å²) in [4.78, 5) is 15.6. The van der Waals surface area contributed by atoms with Gasteiger partial charge in [-0.25, -0.2) is 18.1 Å². The fourth-order valence-corrected chi connectivity index (χ4v) is 4.84. The summed E-state index contributed by atoms with van der Waals surface area (Å²) in [5.74, 6) is -0.312. The van der Waals surface area contributed by atoms with Crippen molar-refractivity contribution in [2.45, 2.75) is 32.2 Å². The highest BCUT2D eigenvalue weighted by molar-refractivity contribution is 7.89. The van der Waals surface area contributed by atoms with Crippen LogP contribution in [0.1, 0.15) is 25.1 Å². The van der Waals surface area contributed by atoms with Gasteiger partial charge in [0.1, 0.15) is 0 Å². The van der Waals surface area contributed by atoms with Gasteiger partial charge in [-0.1, -0.05) is 6.92 Å². The summed E-state index contributed by atoms with van der Waals surface area (Å²) in [5.41, 5.74) is 0. The van der Waals surface area contributed by atoms with Crippen LogP contribution >= 0.6 is 11.3 Å². The van der Waals surface area contributed by atoms with Crippen LogP contribution in [0.5, 0.6) is 0 Å². The van der Waals surface area contributed by atoms with E-state index in [2.05, 4.69) is 21.9 Å². The number of nitrogens with one attached hydrogen (secondary N) is 2. The van der Waals surface area contributed by atoms with Crippen molar-refractivity contribution in [2.75, 3.05) is 91.1 Å². The molecule has 0 radical (unpaired) electrons. The Bertz CT molecular complexity index is 791. The Morgan fingerprint density at radius 1 is 0.800 bits per heavy atom. The summed E-state index contributed by atoms with van der Waals surface area (Å²) in [7, 11) is -3.78. The van der Waals surface area contributed by atoms with Crippen LogP contribution in [0, 0.1) is 6.92 Å². The zero-order valence-electron chi connectivity index (χ0n) is 20.8. The molecule has 0 aliphatic heterocycles. The number of amides is 1. The molecule has 0 unspecified atom stereocenters. The number of hydrogen-bond donors (Lipinski definition) is 2. The van der Waals surface area contributed by atoms with E-state index in [1.807, 2.05) is 0 Å². The molecule has 2 N–H and O–H groups in total. The quantitative estimate of drug-likeness (QED) is 0.194. The molecule has 0 aromatic carbocycles. The number of thiazole rings is 1. The van der Waals surface area contributed by atoms with Crippen LogP contribution in [-0.4, -0.2) is 105 Å². The first-order valence-corrected chi connectivity index (χ1v) is 13.9. The molecule has 12 nitrogen and oxygen atoms in total. The van der Waals surface area contributed by atoms with E-state index in [9.17, 15) is 13.2 Å². The van der Waals surface area contributed by atoms with Crippen LogP contribution in [0.15, 0.2) is 5.03 Å². The first-order chi connectivity index (χ1) is 16.9. The van der Waals surface area contributed by atoms with Crippen molar-refractivity contribution in [1.82, 2.24) is 9.71 Å². The molecule has 1 amide bonds. The van der Waals surface area contributed by atoms with Crippen molar-refractivity contribution in [3.8, 4) is 0 Å². The minimum atomic E-state index is -3.78. The topological polar surface area (TPSA) is 144 Å². The molecular formula is C21H39N3O9S2. The number of hydrogen-bond acceptors (Lipinski definition) is 11. The van der Waals surface area contributed by atoms with Crippen molar-refractivity contribution in [2.24, 2.45) is 0 Å². The summed E-state index contributed by atoms with van der Waals surface area (Å²) >= 11 is 1.10. The first-order valence-electron chi connectivity index (χ1n) is 11.6. The minimum absolute atomic E-state index is 0.0928. The molecule has 0 fully saturated rings. The lowest BCUT2D eigenvalue weighted by atomic mass is 10.5. The van der Waals surface area contributed by atoms with Crippen LogP contribution in [0.25, 0.3) is 0 Å². The maximum Gasteiger partial charge on any atom is 0.259 e. The number of carbonyl (C=O) groups excluding carboxylic acids is 1. The number of rotatable bonds is 23. The standard InChI is InChI=1S/C21H39N3O9S2/c1-4-6-28-8-10-30-12-14-32-16-17-33-15-13-31-11-9-29-7-5-22-35(26,27)20-18(2)34-21(24-20)23-19(3)25/h22H,4-17H2,1-3H3,(H,23,24,25). The molecular weight excluding hydrogens is 502 g/mol. The number of sulfonamides is 1. The van der Waals surface area contributed by atoms with Crippen molar-refractivity contribution in [3.63, 3.8) is 0 Å². The Morgan fingerprint density at radius 3 is 1.66 bits per heavy atom. The third-order valence-corrected chi connectivity index (χ3v) is 6.54. The third-order valence-electron chi connectivity index (χ3n) is 4.04. The van der Waals surface area contributed by atoms with Crippen molar-refractivity contribution < 1.29 is 41.6 Å². The lowest BCUT2D eigenvalue weighted by molar-refractivity contribution is -0.114. The van der Waals surface area contributed by atoms with E-state index in [4.69, 9.17) is 28.4 Å². The van der Waals surface area contributed by atoms with Gasteiger partial charge in [-0.3, -0.25) is 4.79 Å². The van der Waals surface area contributed by atoms with E-state index in [-0.39, 0.29) is 29.2 Å². The van der Waals surface area contributed by atoms with Gasteiger partial charge in [-0.15, -0.1) is 11.3 Å². The highest BCUT2D eigenvalue weighted by Gasteiger charge is 2.21. The second-order valence-electron chi connectivity index (χ2n) is 7.13. The van der Waals surface area contributed by atoms with E-state index >= 15 is 0 Å². The lowest BCUT2D eigenvalue weighted by Crippen LogP contribution is -2.28. The van der Waals surface area contributed by atoms with Gasteiger partial charge in [-0.05, 0) is 13.3 Å². The summed E-state index contributed by atoms with van der Waals surface area (Å²) in [6.07, 6.45) is 1.01. The van der Waals surface area contributed by atoms with Gasteiger partial charge in [0.15, 0.2) is 10.2 Å². The van der Waals surface area contributed by atoms with Gasteiger partial charge in [0.2, 0.25) is 5.91 Å². The molecule has 1 rings (SSSR count). The van der Waals surface area contributed by atoms with Gasteiger partial charge < -0.3 is 33.7 Å². The molecule has 0 saturated heterocycles. The molecule has 1 aromatic rings. The van der Waals surface area contributed by atoms with Crippen LogP contribution in [0.2, 0.25) is 0 Å². The molecule has 0 atom stereocenters. The van der Waals surface area contributed by atoms with Crippen molar-refractivity contribution >= 4 is 32.4 Å². The molecule has 0 aliphatic carbocycles. The highest BCUT2D eigenvalue weighted by atomic mass is 32.2. The number of nitrogens with zero attached hydrogens (tertiary/aromatic N) is 1. The van der Waals surface area contributed by atoms with Crippen molar-refractivity contribution in [3.05, 3.63) is 4.88 Å². The van der Waals surface area contributed by atoms with Gasteiger partial charge in [0, 0.05) is 25.0 Å². The Hall–Kier alpha value is -1.23. The smallest absolute Gasteiger partial charge is 0.259 e. The average molecular weight is 542 g/mol. The molecule has 35 heavy (non-hydrogen) atoms. The van der Waals surface area contributed by atoms with Gasteiger partial charge >= 0.3 is 0 Å². The normalized spacial score (nSPS) is 11.7. The Morgan fingerprint density at radius 2 is 1.23 bits per heavy atom. The Kier molecular flexibility index (Phi) is 18.1. The van der Waals surface area contributed by atoms with Gasteiger partial charge in [0.25, 0.3) is 10.0 Å². The van der Waals surface area contributed by atoms with E-state index in [0.717, 1.165) is 24.4 Å². The second kappa shape index (κ2) is 19.9. The van der Waals surface area contributed by atoms with E-state index < -0.39 is 10.0 Å². The van der Waals surface area contributed by atoms with E-state index in [1.165, 1.54) is 6.92 Å². The molecule has 0 aliphatic rings. The van der Waals surface area contributed by atoms with Crippen LogP contribution in [-0.2, 0) is 43.2 Å². The zero-order chi connectivity index (χ0) is 25.8. The molecule has 0 saturated carbocycles. The molecule has 1 heterocycles. The van der Waals surface area contributed by atoms with Gasteiger partial charge in [0.05, 0.1) is 72.7 Å². The maximum absolute atomic E-state index is 12.4. The summed E-state index contributed by atoms with van der Waals surface area (Å²) < 4.78 is 59.4. The Balaban J connectivity index is 1.91. The summed E-state index contributed by atoms with van der Waals surface area (Å²) in [6.45, 7) is 10.8.